The highest BCUT2D eigenvalue weighted by molar-refractivity contribution is 5.93. The van der Waals surface area contributed by atoms with E-state index < -0.39 is 0 Å². The molecule has 1 aliphatic heterocycles. The van der Waals surface area contributed by atoms with Crippen molar-refractivity contribution in [2.75, 3.05) is 19.0 Å². The Hall–Kier alpha value is -2.35. The lowest BCUT2D eigenvalue weighted by Crippen LogP contribution is -2.41. The van der Waals surface area contributed by atoms with Crippen molar-refractivity contribution in [1.29, 1.82) is 0 Å². The van der Waals surface area contributed by atoms with Gasteiger partial charge in [0.15, 0.2) is 0 Å². The first-order valence-electron chi connectivity index (χ1n) is 8.49. The fourth-order valence-electron chi connectivity index (χ4n) is 3.64. The monoisotopic (exact) mass is 347 g/mol. The smallest absolute Gasteiger partial charge is 0.243 e. The summed E-state index contributed by atoms with van der Waals surface area (Å²) in [6.07, 6.45) is 2.00. The number of anilines is 1. The van der Waals surface area contributed by atoms with Crippen LogP contribution >= 0.6 is 0 Å². The summed E-state index contributed by atoms with van der Waals surface area (Å²) in [7, 11) is 3.53. The number of methoxy groups -OCH3 is 1. The minimum Gasteiger partial charge on any atom is -0.481 e. The van der Waals surface area contributed by atoms with E-state index in [1.165, 1.54) is 0 Å². The van der Waals surface area contributed by atoms with Gasteiger partial charge in [-0.1, -0.05) is 5.16 Å². The van der Waals surface area contributed by atoms with Gasteiger partial charge in [0.1, 0.15) is 0 Å². The van der Waals surface area contributed by atoms with E-state index in [9.17, 15) is 4.79 Å². The van der Waals surface area contributed by atoms with Crippen LogP contribution in [0.5, 0.6) is 5.88 Å². The Balaban J connectivity index is 1.80. The molecule has 0 bridgehead atoms. The van der Waals surface area contributed by atoms with Crippen LogP contribution in [0, 0.1) is 13.8 Å². The quantitative estimate of drug-likeness (QED) is 0.892. The van der Waals surface area contributed by atoms with Crippen LogP contribution in [-0.4, -0.2) is 45.4 Å². The van der Waals surface area contributed by atoms with Gasteiger partial charge in [-0.25, -0.2) is 4.68 Å². The molecule has 25 heavy (non-hydrogen) atoms. The van der Waals surface area contributed by atoms with Crippen LogP contribution in [0.2, 0.25) is 0 Å². The first kappa shape index (κ1) is 17.5. The van der Waals surface area contributed by atoms with Gasteiger partial charge in [-0.3, -0.25) is 15.0 Å². The lowest BCUT2D eigenvalue weighted by molar-refractivity contribution is -0.121. The third-order valence-electron chi connectivity index (χ3n) is 4.79. The Morgan fingerprint density at radius 1 is 1.48 bits per heavy atom. The molecule has 2 aromatic heterocycles. The molecular weight excluding hydrogens is 322 g/mol. The van der Waals surface area contributed by atoms with Gasteiger partial charge in [0.2, 0.25) is 17.7 Å². The molecule has 8 heteroatoms. The van der Waals surface area contributed by atoms with Gasteiger partial charge in [-0.2, -0.15) is 5.10 Å². The molecule has 2 atom stereocenters. The van der Waals surface area contributed by atoms with E-state index in [2.05, 4.69) is 20.5 Å². The molecule has 0 radical (unpaired) electrons. The molecular formula is C17H25N5O3. The molecule has 1 N–H and O–H groups in total. The number of likely N-dealkylation sites (tertiary alicyclic amines) is 1. The number of nitrogens with zero attached hydrogens (tertiary/aromatic N) is 4. The number of ether oxygens (including phenoxy) is 1. The van der Waals surface area contributed by atoms with Crippen molar-refractivity contribution in [3.8, 4) is 5.88 Å². The Bertz CT molecular complexity index is 766. The summed E-state index contributed by atoms with van der Waals surface area (Å²) in [6, 6.07) is 1.52. The minimum atomic E-state index is -0.304. The van der Waals surface area contributed by atoms with Crippen molar-refractivity contribution in [3.63, 3.8) is 0 Å². The van der Waals surface area contributed by atoms with Crippen LogP contribution < -0.4 is 10.1 Å². The molecule has 3 heterocycles. The molecule has 1 amide bonds. The number of aromatic nitrogens is 3. The first-order chi connectivity index (χ1) is 11.9. The molecule has 1 fully saturated rings. The third-order valence-corrected chi connectivity index (χ3v) is 4.79. The zero-order valence-corrected chi connectivity index (χ0v) is 15.4. The zero-order valence-electron chi connectivity index (χ0n) is 15.4. The Morgan fingerprint density at radius 2 is 2.24 bits per heavy atom. The van der Waals surface area contributed by atoms with Crippen LogP contribution in [0.1, 0.15) is 42.8 Å². The lowest BCUT2D eigenvalue weighted by atomic mass is 10.0. The maximum atomic E-state index is 12.6. The van der Waals surface area contributed by atoms with E-state index in [0.29, 0.717) is 5.88 Å². The number of aryl methyl sites for hydroxylation is 3. The normalized spacial score (nSPS) is 19.2. The number of nitrogens with one attached hydrogen (secondary N) is 1. The first-order valence-corrected chi connectivity index (χ1v) is 8.49. The molecule has 1 aliphatic rings. The van der Waals surface area contributed by atoms with Crippen molar-refractivity contribution >= 4 is 11.8 Å². The number of carbonyl (C=O) groups excluding carboxylic acids is 1. The van der Waals surface area contributed by atoms with E-state index in [4.69, 9.17) is 9.26 Å². The largest absolute Gasteiger partial charge is 0.481 e. The second-order valence-electron chi connectivity index (χ2n) is 6.53. The second-order valence-corrected chi connectivity index (χ2v) is 6.53. The summed E-state index contributed by atoms with van der Waals surface area (Å²) in [5.41, 5.74) is 2.74. The average Bonchev–Trinajstić information content (AvgIpc) is 3.25. The van der Waals surface area contributed by atoms with E-state index >= 15 is 0 Å². The summed E-state index contributed by atoms with van der Waals surface area (Å²) >= 11 is 0. The average molecular weight is 347 g/mol. The highest BCUT2D eigenvalue weighted by atomic mass is 16.5. The van der Waals surface area contributed by atoms with Crippen LogP contribution in [0.25, 0.3) is 0 Å². The number of carbonyl (C=O) groups is 1. The summed E-state index contributed by atoms with van der Waals surface area (Å²) in [4.78, 5) is 14.8. The SMILES string of the molecule is COc1c([C@H]2CCCN2[C@@H](C)C(=O)Nc2cc(C)no2)c(C)nn1C. The van der Waals surface area contributed by atoms with Gasteiger partial charge < -0.3 is 9.26 Å². The van der Waals surface area contributed by atoms with Gasteiger partial charge in [-0.15, -0.1) is 0 Å². The van der Waals surface area contributed by atoms with Crippen LogP contribution in [0.3, 0.4) is 0 Å². The molecule has 0 spiro atoms. The van der Waals surface area contributed by atoms with Crippen molar-refractivity contribution in [2.24, 2.45) is 7.05 Å². The Labute approximate surface area is 147 Å². The fraction of sp³-hybridized carbons (Fsp3) is 0.588. The molecule has 8 nitrogen and oxygen atoms in total. The van der Waals surface area contributed by atoms with Gasteiger partial charge in [0.05, 0.1) is 30.1 Å². The Morgan fingerprint density at radius 3 is 2.88 bits per heavy atom. The summed E-state index contributed by atoms with van der Waals surface area (Å²) in [6.45, 7) is 6.56. The molecule has 136 valence electrons. The second kappa shape index (κ2) is 6.87. The van der Waals surface area contributed by atoms with Gasteiger partial charge >= 0.3 is 0 Å². The number of amides is 1. The Kier molecular flexibility index (Phi) is 4.80. The summed E-state index contributed by atoms with van der Waals surface area (Å²) in [5.74, 6) is 1.02. The molecule has 0 saturated carbocycles. The van der Waals surface area contributed by atoms with E-state index in [1.54, 1.807) is 17.9 Å². The minimum absolute atomic E-state index is 0.108. The van der Waals surface area contributed by atoms with Crippen LogP contribution in [0.15, 0.2) is 10.6 Å². The fourth-order valence-corrected chi connectivity index (χ4v) is 3.64. The van der Waals surface area contributed by atoms with Crippen molar-refractivity contribution in [2.45, 2.75) is 45.7 Å². The lowest BCUT2D eigenvalue weighted by Gasteiger charge is -2.29. The van der Waals surface area contributed by atoms with Crippen molar-refractivity contribution < 1.29 is 14.1 Å². The van der Waals surface area contributed by atoms with Crippen molar-refractivity contribution in [1.82, 2.24) is 19.8 Å². The maximum Gasteiger partial charge on any atom is 0.243 e. The number of hydrogen-bond acceptors (Lipinski definition) is 6. The molecule has 0 aliphatic carbocycles. The maximum absolute atomic E-state index is 12.6. The van der Waals surface area contributed by atoms with Gasteiger partial charge in [0, 0.05) is 19.2 Å². The highest BCUT2D eigenvalue weighted by Crippen LogP contribution is 2.39. The van der Waals surface area contributed by atoms with E-state index in [-0.39, 0.29) is 18.0 Å². The molecule has 0 aromatic carbocycles. The standard InChI is InChI=1S/C17H25N5O3/c1-10-9-14(25-20-10)18-16(23)12(3)22-8-6-7-13(22)15-11(2)19-21(4)17(15)24-5/h9,12-13H,6-8H2,1-5H3,(H,18,23)/t12-,13+/m0/s1. The van der Waals surface area contributed by atoms with Crippen LogP contribution in [-0.2, 0) is 11.8 Å². The molecule has 1 saturated heterocycles. The van der Waals surface area contributed by atoms with E-state index in [0.717, 1.165) is 42.2 Å². The van der Waals surface area contributed by atoms with Gasteiger partial charge in [0.25, 0.3) is 0 Å². The summed E-state index contributed by atoms with van der Waals surface area (Å²) in [5, 5.41) is 11.1. The number of hydrogen-bond donors (Lipinski definition) is 1. The molecule has 0 unspecified atom stereocenters. The van der Waals surface area contributed by atoms with Crippen LogP contribution in [0.4, 0.5) is 5.88 Å². The number of rotatable bonds is 5. The predicted octanol–water partition coefficient (Wildman–Crippen LogP) is 2.20. The highest BCUT2D eigenvalue weighted by Gasteiger charge is 2.37. The molecule has 2 aromatic rings. The topological polar surface area (TPSA) is 85.4 Å². The molecule has 3 rings (SSSR count). The van der Waals surface area contributed by atoms with Crippen molar-refractivity contribution in [3.05, 3.63) is 23.0 Å². The summed E-state index contributed by atoms with van der Waals surface area (Å²) < 4.78 is 12.4. The van der Waals surface area contributed by atoms with Gasteiger partial charge in [-0.05, 0) is 40.2 Å². The third kappa shape index (κ3) is 3.26. The predicted molar refractivity (Wildman–Crippen MR) is 92.5 cm³/mol. The van der Waals surface area contributed by atoms with E-state index in [1.807, 2.05) is 27.8 Å². The zero-order chi connectivity index (χ0) is 18.1.